The fourth-order valence-corrected chi connectivity index (χ4v) is 1.91. The number of rotatable bonds is 4. The number of carboxylic acid groups (broad SMARTS) is 1. The fraction of sp³-hybridized carbons (Fsp3) is 0.333. The summed E-state index contributed by atoms with van der Waals surface area (Å²) < 4.78 is 18.8. The molecule has 7 heteroatoms. The number of hydrogen-bond donors (Lipinski definition) is 3. The maximum Gasteiger partial charge on any atom is 0.331 e. The zero-order valence-corrected chi connectivity index (χ0v) is 9.98. The number of amides is 1. The topological polar surface area (TPSA) is 102 Å². The molecule has 1 atom stereocenters. The number of hydrogen-bond acceptors (Lipinski definition) is 4. The van der Waals surface area contributed by atoms with Gasteiger partial charge in [-0.3, -0.25) is 4.79 Å². The van der Waals surface area contributed by atoms with Gasteiger partial charge in [-0.2, -0.15) is 0 Å². The van der Waals surface area contributed by atoms with E-state index in [4.69, 9.17) is 10.5 Å². The Morgan fingerprint density at radius 2 is 2.21 bits per heavy atom. The summed E-state index contributed by atoms with van der Waals surface area (Å²) in [5.74, 6) is -2.59. The third kappa shape index (κ3) is 2.50. The van der Waals surface area contributed by atoms with E-state index in [2.05, 4.69) is 5.32 Å². The number of benzene rings is 1. The lowest BCUT2D eigenvalue weighted by molar-refractivity contribution is -0.142. The Bertz CT molecular complexity index is 526. The van der Waals surface area contributed by atoms with Crippen LogP contribution in [0.5, 0.6) is 0 Å². The number of carbonyl (C=O) groups is 2. The van der Waals surface area contributed by atoms with Crippen molar-refractivity contribution < 1.29 is 23.8 Å². The van der Waals surface area contributed by atoms with Crippen molar-refractivity contribution in [3.05, 3.63) is 29.6 Å². The second-order valence-corrected chi connectivity index (χ2v) is 4.37. The molecule has 1 aliphatic heterocycles. The zero-order chi connectivity index (χ0) is 14.0. The van der Waals surface area contributed by atoms with E-state index < -0.39 is 23.2 Å². The van der Waals surface area contributed by atoms with Crippen LogP contribution in [0, 0.1) is 5.82 Å². The third-order valence-electron chi connectivity index (χ3n) is 3.06. The Morgan fingerprint density at radius 3 is 2.68 bits per heavy atom. The Kier molecular flexibility index (Phi) is 3.39. The monoisotopic (exact) mass is 268 g/mol. The number of nitrogens with two attached hydrogens (primary N) is 1. The molecule has 0 radical (unpaired) electrons. The molecule has 6 nitrogen and oxygen atoms in total. The van der Waals surface area contributed by atoms with E-state index in [-0.39, 0.29) is 24.3 Å². The van der Waals surface area contributed by atoms with E-state index in [1.165, 1.54) is 12.1 Å². The van der Waals surface area contributed by atoms with Crippen molar-refractivity contribution in [2.75, 3.05) is 18.5 Å². The van der Waals surface area contributed by atoms with Crippen molar-refractivity contribution in [2.45, 2.75) is 12.0 Å². The van der Waals surface area contributed by atoms with Crippen LogP contribution in [0.1, 0.15) is 16.8 Å². The highest BCUT2D eigenvalue weighted by molar-refractivity contribution is 5.93. The molecular formula is C12H13FN2O4. The molecule has 0 spiro atoms. The first-order valence-electron chi connectivity index (χ1n) is 5.63. The van der Waals surface area contributed by atoms with Gasteiger partial charge in [-0.05, 0) is 18.2 Å². The van der Waals surface area contributed by atoms with Gasteiger partial charge in [0.25, 0.3) is 0 Å². The zero-order valence-electron chi connectivity index (χ0n) is 9.98. The van der Waals surface area contributed by atoms with Gasteiger partial charge in [-0.15, -0.1) is 0 Å². The van der Waals surface area contributed by atoms with Gasteiger partial charge < -0.3 is 20.9 Å². The number of anilines is 1. The Hall–Kier alpha value is -2.15. The van der Waals surface area contributed by atoms with E-state index in [0.717, 1.165) is 6.07 Å². The lowest BCUT2D eigenvalue weighted by atomic mass is 9.98. The summed E-state index contributed by atoms with van der Waals surface area (Å²) in [6, 6.07) is 3.59. The predicted molar refractivity (Wildman–Crippen MR) is 64.3 cm³/mol. The van der Waals surface area contributed by atoms with Crippen LogP contribution < -0.4 is 11.1 Å². The average Bonchev–Trinajstić information content (AvgIpc) is 2.81. The molecule has 1 aliphatic rings. The van der Waals surface area contributed by atoms with Gasteiger partial charge in [0.05, 0.1) is 12.3 Å². The highest BCUT2D eigenvalue weighted by Gasteiger charge is 2.43. The molecule has 1 amide bonds. The van der Waals surface area contributed by atoms with Crippen molar-refractivity contribution in [2.24, 2.45) is 5.73 Å². The molecule has 1 aromatic carbocycles. The van der Waals surface area contributed by atoms with E-state index in [1.54, 1.807) is 0 Å². The number of primary amides is 1. The van der Waals surface area contributed by atoms with Crippen molar-refractivity contribution in [3.63, 3.8) is 0 Å². The van der Waals surface area contributed by atoms with Gasteiger partial charge >= 0.3 is 5.97 Å². The summed E-state index contributed by atoms with van der Waals surface area (Å²) in [7, 11) is 0. The normalized spacial score (nSPS) is 22.2. The number of ether oxygens (including phenoxy) is 1. The molecule has 1 fully saturated rings. The highest BCUT2D eigenvalue weighted by Crippen LogP contribution is 2.26. The second kappa shape index (κ2) is 4.85. The highest BCUT2D eigenvalue weighted by atomic mass is 19.1. The minimum atomic E-state index is -1.34. The number of halogens is 1. The van der Waals surface area contributed by atoms with Gasteiger partial charge in [-0.1, -0.05) is 0 Å². The van der Waals surface area contributed by atoms with Crippen LogP contribution in [0.4, 0.5) is 10.1 Å². The molecular weight excluding hydrogens is 255 g/mol. The Morgan fingerprint density at radius 1 is 1.47 bits per heavy atom. The average molecular weight is 268 g/mol. The SMILES string of the molecule is NC(=O)c1ccc(NC2(C(=O)O)CCOC2)c(F)c1. The van der Waals surface area contributed by atoms with E-state index >= 15 is 0 Å². The largest absolute Gasteiger partial charge is 0.479 e. The van der Waals surface area contributed by atoms with Gasteiger partial charge in [0.1, 0.15) is 5.82 Å². The molecule has 2 rings (SSSR count). The first kappa shape index (κ1) is 13.3. The standard InChI is InChI=1S/C12H13FN2O4/c13-8-5-7(10(14)16)1-2-9(8)15-12(11(17)18)3-4-19-6-12/h1-2,5,15H,3-4,6H2,(H2,14,16)(H,17,18). The molecule has 4 N–H and O–H groups in total. The van der Waals surface area contributed by atoms with Crippen LogP contribution in [0.15, 0.2) is 18.2 Å². The van der Waals surface area contributed by atoms with E-state index in [0.29, 0.717) is 6.61 Å². The third-order valence-corrected chi connectivity index (χ3v) is 3.06. The summed E-state index contributed by atoms with van der Waals surface area (Å²) in [6.45, 7) is 0.250. The van der Waals surface area contributed by atoms with Crippen LogP contribution in [0.3, 0.4) is 0 Å². The predicted octanol–water partition coefficient (Wildman–Crippen LogP) is 0.580. The molecule has 1 saturated heterocycles. The lowest BCUT2D eigenvalue weighted by Crippen LogP contribution is -2.47. The van der Waals surface area contributed by atoms with Gasteiger partial charge in [0, 0.05) is 18.6 Å². The summed E-state index contributed by atoms with van der Waals surface area (Å²) >= 11 is 0. The fourth-order valence-electron chi connectivity index (χ4n) is 1.91. The molecule has 102 valence electrons. The summed E-state index contributed by atoms with van der Waals surface area (Å²) in [5.41, 5.74) is 3.71. The molecule has 0 aromatic heterocycles. The molecule has 0 aliphatic carbocycles. The lowest BCUT2D eigenvalue weighted by Gasteiger charge is -2.25. The summed E-state index contributed by atoms with van der Waals surface area (Å²) in [4.78, 5) is 22.2. The Balaban J connectivity index is 2.28. The van der Waals surface area contributed by atoms with Crippen LogP contribution in [-0.2, 0) is 9.53 Å². The van der Waals surface area contributed by atoms with Gasteiger partial charge in [0.15, 0.2) is 5.54 Å². The molecule has 1 unspecified atom stereocenters. The minimum Gasteiger partial charge on any atom is -0.479 e. The molecule has 0 bridgehead atoms. The summed E-state index contributed by atoms with van der Waals surface area (Å²) in [5, 5.41) is 11.9. The number of aliphatic carboxylic acids is 1. The van der Waals surface area contributed by atoms with E-state index in [1.807, 2.05) is 0 Å². The van der Waals surface area contributed by atoms with Crippen molar-refractivity contribution in [1.29, 1.82) is 0 Å². The maximum atomic E-state index is 13.8. The second-order valence-electron chi connectivity index (χ2n) is 4.37. The van der Waals surface area contributed by atoms with Crippen molar-refractivity contribution >= 4 is 17.6 Å². The van der Waals surface area contributed by atoms with Crippen LogP contribution in [0.2, 0.25) is 0 Å². The first-order chi connectivity index (χ1) is 8.94. The molecule has 1 heterocycles. The van der Waals surface area contributed by atoms with E-state index in [9.17, 15) is 19.1 Å². The van der Waals surface area contributed by atoms with Gasteiger partial charge in [0.2, 0.25) is 5.91 Å². The van der Waals surface area contributed by atoms with Crippen LogP contribution >= 0.6 is 0 Å². The number of nitrogens with one attached hydrogen (secondary N) is 1. The number of carbonyl (C=O) groups excluding carboxylic acids is 1. The Labute approximate surface area is 108 Å². The van der Waals surface area contributed by atoms with Gasteiger partial charge in [-0.25, -0.2) is 9.18 Å². The van der Waals surface area contributed by atoms with Crippen LogP contribution in [-0.4, -0.2) is 35.7 Å². The van der Waals surface area contributed by atoms with Crippen molar-refractivity contribution in [3.8, 4) is 0 Å². The number of carboxylic acids is 1. The van der Waals surface area contributed by atoms with Crippen molar-refractivity contribution in [1.82, 2.24) is 0 Å². The quantitative estimate of drug-likeness (QED) is 0.741. The molecule has 0 saturated carbocycles. The maximum absolute atomic E-state index is 13.8. The first-order valence-corrected chi connectivity index (χ1v) is 5.63. The summed E-state index contributed by atoms with van der Waals surface area (Å²) in [6.07, 6.45) is 0.235. The molecule has 19 heavy (non-hydrogen) atoms. The smallest absolute Gasteiger partial charge is 0.331 e. The minimum absolute atomic E-state index is 0.00194. The van der Waals surface area contributed by atoms with Crippen LogP contribution in [0.25, 0.3) is 0 Å². The molecule has 1 aromatic rings.